The van der Waals surface area contributed by atoms with Gasteiger partial charge in [0.05, 0.1) is 6.54 Å². The molecule has 25 heavy (non-hydrogen) atoms. The Morgan fingerprint density at radius 2 is 1.76 bits per heavy atom. The number of hydrogen-bond donors (Lipinski definition) is 1. The Balaban J connectivity index is 0.00000225. The number of nitrogens with zero attached hydrogens (tertiary/aromatic N) is 4. The van der Waals surface area contributed by atoms with Gasteiger partial charge in [-0.25, -0.2) is 0 Å². The number of halogens is 2. The van der Waals surface area contributed by atoms with Gasteiger partial charge in [-0.15, -0.1) is 24.0 Å². The van der Waals surface area contributed by atoms with Gasteiger partial charge < -0.3 is 15.5 Å². The standard InChI is InChI=1S/C18H28ClN5.HI/c19-16-5-4-6-17(15-16)23-13-11-22(12-14-23)10-7-21-18(20)24-8-2-1-3-9-24;/h4-6,15H,1-3,7-14H2,(H2,20,21);1H. The van der Waals surface area contributed by atoms with E-state index >= 15 is 0 Å². The lowest BCUT2D eigenvalue weighted by Gasteiger charge is -2.36. The summed E-state index contributed by atoms with van der Waals surface area (Å²) in [4.78, 5) is 11.7. The number of rotatable bonds is 4. The van der Waals surface area contributed by atoms with Crippen molar-refractivity contribution in [3.8, 4) is 0 Å². The van der Waals surface area contributed by atoms with Crippen molar-refractivity contribution in [2.24, 2.45) is 10.7 Å². The van der Waals surface area contributed by atoms with Crippen molar-refractivity contribution in [2.75, 3.05) is 57.3 Å². The summed E-state index contributed by atoms with van der Waals surface area (Å²) in [6, 6.07) is 8.11. The number of aliphatic imine (C=N–C) groups is 1. The normalized spacial score (nSPS) is 19.6. The third-order valence-corrected chi connectivity index (χ3v) is 5.15. The maximum atomic E-state index is 6.11. The summed E-state index contributed by atoms with van der Waals surface area (Å²) in [5.41, 5.74) is 7.33. The SMILES string of the molecule is I.NC(=NCCN1CCN(c2cccc(Cl)c2)CC1)N1CCCCC1. The van der Waals surface area contributed by atoms with Gasteiger partial charge in [0, 0.05) is 56.5 Å². The molecule has 2 N–H and O–H groups in total. The number of piperidine rings is 1. The van der Waals surface area contributed by atoms with E-state index in [-0.39, 0.29) is 24.0 Å². The molecule has 0 saturated carbocycles. The summed E-state index contributed by atoms with van der Waals surface area (Å²) in [6.07, 6.45) is 3.80. The Morgan fingerprint density at radius 1 is 1.04 bits per heavy atom. The molecule has 0 amide bonds. The van der Waals surface area contributed by atoms with Crippen LogP contribution in [0.5, 0.6) is 0 Å². The number of piperazine rings is 1. The number of nitrogens with two attached hydrogens (primary N) is 1. The zero-order valence-electron chi connectivity index (χ0n) is 14.7. The van der Waals surface area contributed by atoms with Gasteiger partial charge in [-0.2, -0.15) is 0 Å². The van der Waals surface area contributed by atoms with Crippen LogP contribution in [0.15, 0.2) is 29.3 Å². The first-order valence-electron chi connectivity index (χ1n) is 9.00. The highest BCUT2D eigenvalue weighted by atomic mass is 127. The maximum Gasteiger partial charge on any atom is 0.191 e. The molecule has 2 fully saturated rings. The summed E-state index contributed by atoms with van der Waals surface area (Å²) < 4.78 is 0. The molecule has 0 bridgehead atoms. The highest BCUT2D eigenvalue weighted by molar-refractivity contribution is 14.0. The van der Waals surface area contributed by atoms with Crippen molar-refractivity contribution in [3.05, 3.63) is 29.3 Å². The molecule has 2 aliphatic rings. The van der Waals surface area contributed by atoms with Crippen LogP contribution in [-0.2, 0) is 0 Å². The lowest BCUT2D eigenvalue weighted by molar-refractivity contribution is 0.264. The lowest BCUT2D eigenvalue weighted by atomic mass is 10.1. The number of benzene rings is 1. The fourth-order valence-electron chi connectivity index (χ4n) is 3.43. The molecule has 0 spiro atoms. The Labute approximate surface area is 173 Å². The van der Waals surface area contributed by atoms with E-state index in [0.29, 0.717) is 0 Å². The minimum atomic E-state index is 0. The van der Waals surface area contributed by atoms with Gasteiger partial charge in [0.2, 0.25) is 0 Å². The Bertz CT molecular complexity index is 554. The Hall–Kier alpha value is -0.730. The Morgan fingerprint density at radius 3 is 2.44 bits per heavy atom. The quantitative estimate of drug-likeness (QED) is 0.412. The van der Waals surface area contributed by atoms with Crippen LogP contribution in [-0.4, -0.2) is 68.1 Å². The van der Waals surface area contributed by atoms with Crippen LogP contribution >= 0.6 is 35.6 Å². The van der Waals surface area contributed by atoms with E-state index in [2.05, 4.69) is 25.8 Å². The van der Waals surface area contributed by atoms with Gasteiger partial charge in [-0.3, -0.25) is 9.89 Å². The monoisotopic (exact) mass is 477 g/mol. The molecule has 0 radical (unpaired) electrons. The first-order chi connectivity index (χ1) is 11.7. The van der Waals surface area contributed by atoms with Crippen LogP contribution in [0.1, 0.15) is 19.3 Å². The first-order valence-corrected chi connectivity index (χ1v) is 9.38. The largest absolute Gasteiger partial charge is 0.370 e. The van der Waals surface area contributed by atoms with Crippen LogP contribution in [0.3, 0.4) is 0 Å². The molecular formula is C18H29ClIN5. The van der Waals surface area contributed by atoms with E-state index in [1.807, 2.05) is 18.2 Å². The number of likely N-dealkylation sites (tertiary alicyclic amines) is 1. The minimum Gasteiger partial charge on any atom is -0.370 e. The van der Waals surface area contributed by atoms with Crippen molar-refractivity contribution in [2.45, 2.75) is 19.3 Å². The van der Waals surface area contributed by atoms with E-state index in [4.69, 9.17) is 17.3 Å². The van der Waals surface area contributed by atoms with Gasteiger partial charge in [0.25, 0.3) is 0 Å². The van der Waals surface area contributed by atoms with Gasteiger partial charge >= 0.3 is 0 Å². The predicted molar refractivity (Wildman–Crippen MR) is 117 cm³/mol. The molecule has 5 nitrogen and oxygen atoms in total. The van der Waals surface area contributed by atoms with E-state index in [1.165, 1.54) is 24.9 Å². The highest BCUT2D eigenvalue weighted by Crippen LogP contribution is 2.20. The highest BCUT2D eigenvalue weighted by Gasteiger charge is 2.17. The number of hydrogen-bond acceptors (Lipinski definition) is 3. The summed E-state index contributed by atoms with van der Waals surface area (Å²) in [5.74, 6) is 0.729. The zero-order chi connectivity index (χ0) is 16.8. The molecule has 7 heteroatoms. The molecule has 140 valence electrons. The van der Waals surface area contributed by atoms with E-state index < -0.39 is 0 Å². The summed E-state index contributed by atoms with van der Waals surface area (Å²) in [6.45, 7) is 8.09. The van der Waals surface area contributed by atoms with Crippen LogP contribution in [0.2, 0.25) is 5.02 Å². The topological polar surface area (TPSA) is 48.1 Å². The fourth-order valence-corrected chi connectivity index (χ4v) is 3.62. The van der Waals surface area contributed by atoms with Crippen molar-refractivity contribution in [1.82, 2.24) is 9.80 Å². The lowest BCUT2D eigenvalue weighted by Crippen LogP contribution is -2.47. The van der Waals surface area contributed by atoms with Crippen molar-refractivity contribution < 1.29 is 0 Å². The molecule has 2 heterocycles. The van der Waals surface area contributed by atoms with Gasteiger partial charge in [0.15, 0.2) is 5.96 Å². The molecule has 3 rings (SSSR count). The van der Waals surface area contributed by atoms with Crippen LogP contribution in [0, 0.1) is 0 Å². The summed E-state index contributed by atoms with van der Waals surface area (Å²) in [7, 11) is 0. The molecule has 0 atom stereocenters. The summed E-state index contributed by atoms with van der Waals surface area (Å²) >= 11 is 6.09. The average molecular weight is 478 g/mol. The molecule has 0 aromatic heterocycles. The van der Waals surface area contributed by atoms with E-state index in [0.717, 1.165) is 63.3 Å². The van der Waals surface area contributed by atoms with Crippen molar-refractivity contribution in [1.29, 1.82) is 0 Å². The molecular weight excluding hydrogens is 449 g/mol. The molecule has 0 unspecified atom stereocenters. The average Bonchev–Trinajstić information content (AvgIpc) is 2.63. The molecule has 2 aliphatic heterocycles. The second kappa shape index (κ2) is 10.4. The van der Waals surface area contributed by atoms with Crippen LogP contribution in [0.4, 0.5) is 5.69 Å². The van der Waals surface area contributed by atoms with Gasteiger partial charge in [-0.1, -0.05) is 17.7 Å². The van der Waals surface area contributed by atoms with Crippen molar-refractivity contribution >= 4 is 47.2 Å². The molecule has 2 saturated heterocycles. The predicted octanol–water partition coefficient (Wildman–Crippen LogP) is 2.88. The van der Waals surface area contributed by atoms with Gasteiger partial charge in [-0.05, 0) is 37.5 Å². The van der Waals surface area contributed by atoms with E-state index in [1.54, 1.807) is 0 Å². The molecule has 0 aliphatic carbocycles. The van der Waals surface area contributed by atoms with E-state index in [9.17, 15) is 0 Å². The molecule has 1 aromatic carbocycles. The first kappa shape index (κ1) is 20.6. The second-order valence-corrected chi connectivity index (χ2v) is 7.03. The number of guanidine groups is 1. The smallest absolute Gasteiger partial charge is 0.191 e. The zero-order valence-corrected chi connectivity index (χ0v) is 17.8. The minimum absolute atomic E-state index is 0. The summed E-state index contributed by atoms with van der Waals surface area (Å²) in [5, 5.41) is 0.803. The second-order valence-electron chi connectivity index (χ2n) is 6.60. The fraction of sp³-hybridized carbons (Fsp3) is 0.611. The maximum absolute atomic E-state index is 6.11. The van der Waals surface area contributed by atoms with Crippen molar-refractivity contribution in [3.63, 3.8) is 0 Å². The Kier molecular flexibility index (Phi) is 8.58. The third-order valence-electron chi connectivity index (χ3n) is 4.92. The third kappa shape index (κ3) is 6.18. The molecule has 1 aromatic rings. The van der Waals surface area contributed by atoms with Gasteiger partial charge in [0.1, 0.15) is 0 Å². The van der Waals surface area contributed by atoms with Crippen LogP contribution in [0.25, 0.3) is 0 Å². The number of anilines is 1. The van der Waals surface area contributed by atoms with Crippen LogP contribution < -0.4 is 10.6 Å².